The van der Waals surface area contributed by atoms with Crippen LogP contribution in [0.2, 0.25) is 0 Å². The maximum atomic E-state index is 4.69. The van der Waals surface area contributed by atoms with Gasteiger partial charge in [0, 0.05) is 19.2 Å². The van der Waals surface area contributed by atoms with Crippen molar-refractivity contribution in [1.29, 1.82) is 0 Å². The summed E-state index contributed by atoms with van der Waals surface area (Å²) in [6.07, 6.45) is 9.13. The Bertz CT molecular complexity index is 718. The van der Waals surface area contributed by atoms with Gasteiger partial charge in [-0.3, -0.25) is 0 Å². The Morgan fingerprint density at radius 1 is 1.00 bits per heavy atom. The molecule has 2 aromatic heterocycles. The van der Waals surface area contributed by atoms with E-state index in [4.69, 9.17) is 0 Å². The number of fused-ring (bicyclic) bond motifs is 1. The molecular formula is C18H22N4. The van der Waals surface area contributed by atoms with Crippen molar-refractivity contribution < 1.29 is 0 Å². The molecule has 0 aliphatic heterocycles. The first-order chi connectivity index (χ1) is 10.9. The smallest absolute Gasteiger partial charge is 0.161 e. The van der Waals surface area contributed by atoms with E-state index in [1.165, 1.54) is 5.56 Å². The van der Waals surface area contributed by atoms with Crippen molar-refractivity contribution in [3.05, 3.63) is 54.1 Å². The predicted molar refractivity (Wildman–Crippen MR) is 88.7 cm³/mol. The van der Waals surface area contributed by atoms with Gasteiger partial charge < -0.3 is 0 Å². The first-order valence-electron chi connectivity index (χ1n) is 8.08. The lowest BCUT2D eigenvalue weighted by Gasteiger charge is -2.04. The third-order valence-electron chi connectivity index (χ3n) is 3.86. The van der Waals surface area contributed by atoms with Gasteiger partial charge in [0.2, 0.25) is 0 Å². The lowest BCUT2D eigenvalue weighted by molar-refractivity contribution is 0.590. The molecule has 0 bridgehead atoms. The molecule has 0 atom stereocenters. The maximum Gasteiger partial charge on any atom is 0.161 e. The molecule has 22 heavy (non-hydrogen) atoms. The Hall–Kier alpha value is -2.23. The highest BCUT2D eigenvalue weighted by Crippen LogP contribution is 2.12. The number of unbranched alkanes of at least 4 members (excludes halogenated alkanes) is 1. The fourth-order valence-corrected chi connectivity index (χ4v) is 2.60. The highest BCUT2D eigenvalue weighted by molar-refractivity contribution is 5.73. The van der Waals surface area contributed by atoms with Crippen LogP contribution in [0.5, 0.6) is 0 Å². The second kappa shape index (κ2) is 7.16. The normalized spacial score (nSPS) is 11.1. The van der Waals surface area contributed by atoms with E-state index in [1.54, 1.807) is 0 Å². The van der Waals surface area contributed by atoms with Crippen molar-refractivity contribution in [2.24, 2.45) is 0 Å². The number of aromatic nitrogens is 4. The van der Waals surface area contributed by atoms with Crippen LogP contribution >= 0.6 is 0 Å². The first kappa shape index (κ1) is 14.7. The second-order valence-electron chi connectivity index (χ2n) is 5.63. The van der Waals surface area contributed by atoms with Gasteiger partial charge in [-0.1, -0.05) is 43.7 Å². The minimum Gasteiger partial charge on any atom is -0.247 e. The number of aryl methyl sites for hydroxylation is 3. The number of rotatable bonds is 7. The van der Waals surface area contributed by atoms with E-state index in [9.17, 15) is 0 Å². The monoisotopic (exact) mass is 294 g/mol. The lowest BCUT2D eigenvalue weighted by Crippen LogP contribution is -2.04. The number of hydrogen-bond acceptors (Lipinski definition) is 3. The van der Waals surface area contributed by atoms with E-state index >= 15 is 0 Å². The minimum atomic E-state index is 0.891. The molecule has 0 spiro atoms. The van der Waals surface area contributed by atoms with Crippen LogP contribution in [0.3, 0.4) is 0 Å². The summed E-state index contributed by atoms with van der Waals surface area (Å²) in [6.45, 7) is 3.08. The summed E-state index contributed by atoms with van der Waals surface area (Å²) >= 11 is 0. The van der Waals surface area contributed by atoms with Crippen LogP contribution in [-0.2, 0) is 19.4 Å². The van der Waals surface area contributed by atoms with Gasteiger partial charge in [0.25, 0.3) is 0 Å². The summed E-state index contributed by atoms with van der Waals surface area (Å²) in [5.74, 6) is 0.930. The largest absolute Gasteiger partial charge is 0.247 e. The molecule has 1 aromatic carbocycles. The van der Waals surface area contributed by atoms with Crippen LogP contribution in [0, 0.1) is 0 Å². The molecule has 0 saturated heterocycles. The van der Waals surface area contributed by atoms with Gasteiger partial charge >= 0.3 is 0 Å². The summed E-state index contributed by atoms with van der Waals surface area (Å²) in [7, 11) is 0. The molecule has 0 fully saturated rings. The molecule has 0 aliphatic carbocycles. The van der Waals surface area contributed by atoms with Crippen LogP contribution in [0.1, 0.15) is 37.6 Å². The van der Waals surface area contributed by atoms with Crippen LogP contribution in [0.15, 0.2) is 42.7 Å². The van der Waals surface area contributed by atoms with E-state index in [2.05, 4.69) is 52.3 Å². The molecule has 4 nitrogen and oxygen atoms in total. The van der Waals surface area contributed by atoms with Gasteiger partial charge in [-0.25, -0.2) is 14.6 Å². The molecule has 0 unspecified atom stereocenters. The summed E-state index contributed by atoms with van der Waals surface area (Å²) in [5.41, 5.74) is 2.34. The summed E-state index contributed by atoms with van der Waals surface area (Å²) < 4.78 is 2.01. The van der Waals surface area contributed by atoms with Gasteiger partial charge in [-0.05, 0) is 24.8 Å². The Morgan fingerprint density at radius 3 is 2.68 bits per heavy atom. The van der Waals surface area contributed by atoms with Crippen molar-refractivity contribution in [1.82, 2.24) is 19.7 Å². The van der Waals surface area contributed by atoms with Crippen LogP contribution in [0.25, 0.3) is 11.0 Å². The zero-order chi connectivity index (χ0) is 15.2. The van der Waals surface area contributed by atoms with Gasteiger partial charge in [-0.2, -0.15) is 5.10 Å². The van der Waals surface area contributed by atoms with Gasteiger partial charge in [0.05, 0.1) is 11.6 Å². The molecule has 4 heteroatoms. The highest BCUT2D eigenvalue weighted by atomic mass is 15.3. The van der Waals surface area contributed by atoms with E-state index < -0.39 is 0 Å². The number of benzene rings is 1. The predicted octanol–water partition coefficient (Wildman–Crippen LogP) is 3.80. The molecule has 0 aliphatic rings. The van der Waals surface area contributed by atoms with Crippen molar-refractivity contribution in [3.8, 4) is 0 Å². The Balaban J connectivity index is 1.67. The zero-order valence-corrected chi connectivity index (χ0v) is 13.1. The quantitative estimate of drug-likeness (QED) is 0.665. The molecular weight excluding hydrogens is 272 g/mol. The Kier molecular flexibility index (Phi) is 4.78. The van der Waals surface area contributed by atoms with E-state index in [0.717, 1.165) is 55.5 Å². The van der Waals surface area contributed by atoms with Gasteiger partial charge in [0.1, 0.15) is 5.82 Å². The van der Waals surface area contributed by atoms with Gasteiger partial charge in [0.15, 0.2) is 5.65 Å². The molecule has 2 heterocycles. The lowest BCUT2D eigenvalue weighted by atomic mass is 10.1. The van der Waals surface area contributed by atoms with Gasteiger partial charge in [-0.15, -0.1) is 0 Å². The topological polar surface area (TPSA) is 43.6 Å². The molecule has 3 aromatic rings. The first-order valence-corrected chi connectivity index (χ1v) is 8.08. The van der Waals surface area contributed by atoms with Crippen LogP contribution in [-0.4, -0.2) is 19.7 Å². The van der Waals surface area contributed by atoms with Crippen molar-refractivity contribution in [3.63, 3.8) is 0 Å². The molecule has 114 valence electrons. The van der Waals surface area contributed by atoms with E-state index in [1.807, 2.05) is 17.1 Å². The highest BCUT2D eigenvalue weighted by Gasteiger charge is 2.06. The summed E-state index contributed by atoms with van der Waals surface area (Å²) in [5, 5.41) is 5.49. The average Bonchev–Trinajstić information content (AvgIpc) is 2.96. The van der Waals surface area contributed by atoms with Crippen molar-refractivity contribution in [2.45, 2.75) is 45.6 Å². The molecule has 0 N–H and O–H groups in total. The average molecular weight is 294 g/mol. The standard InChI is InChI=1S/C18H22N4/c1-2-3-11-17-19-13-16-14-20-22(18(16)21-17)12-7-10-15-8-5-4-6-9-15/h4-6,8-9,13-14H,2-3,7,10-12H2,1H3. The van der Waals surface area contributed by atoms with E-state index in [-0.39, 0.29) is 0 Å². The number of nitrogens with zero attached hydrogens (tertiary/aromatic N) is 4. The fourth-order valence-electron chi connectivity index (χ4n) is 2.60. The van der Waals surface area contributed by atoms with Crippen LogP contribution < -0.4 is 0 Å². The summed E-state index contributed by atoms with van der Waals surface area (Å²) in [4.78, 5) is 9.11. The second-order valence-corrected chi connectivity index (χ2v) is 5.63. The third-order valence-corrected chi connectivity index (χ3v) is 3.86. The minimum absolute atomic E-state index is 0.891. The van der Waals surface area contributed by atoms with Crippen molar-refractivity contribution >= 4 is 11.0 Å². The van der Waals surface area contributed by atoms with E-state index in [0.29, 0.717) is 0 Å². The summed E-state index contributed by atoms with van der Waals surface area (Å²) in [6, 6.07) is 10.6. The molecule has 3 rings (SSSR count). The fraction of sp³-hybridized carbons (Fsp3) is 0.389. The molecule has 0 radical (unpaired) electrons. The molecule has 0 amide bonds. The Labute approximate surface area is 131 Å². The number of hydrogen-bond donors (Lipinski definition) is 0. The van der Waals surface area contributed by atoms with Crippen LogP contribution in [0.4, 0.5) is 0 Å². The SMILES string of the molecule is CCCCc1ncc2cnn(CCCc3ccccc3)c2n1. The van der Waals surface area contributed by atoms with Crippen molar-refractivity contribution in [2.75, 3.05) is 0 Å². The zero-order valence-electron chi connectivity index (χ0n) is 13.1. The maximum absolute atomic E-state index is 4.69. The third kappa shape index (κ3) is 3.50. The molecule has 0 saturated carbocycles. The Morgan fingerprint density at radius 2 is 1.86 bits per heavy atom.